The van der Waals surface area contributed by atoms with Crippen LogP contribution in [0, 0.1) is 0 Å². The second-order valence-electron chi connectivity index (χ2n) is 24.2. The summed E-state index contributed by atoms with van der Waals surface area (Å²) in [5.41, 5.74) is 25.8. The highest BCUT2D eigenvalue weighted by Gasteiger charge is 2.46. The van der Waals surface area contributed by atoms with Gasteiger partial charge in [0.1, 0.15) is 0 Å². The lowest BCUT2D eigenvalue weighted by Gasteiger charge is -2.39. The highest BCUT2D eigenvalue weighted by atomic mass is 14.5. The Bertz CT molecular complexity index is 3710. The molecule has 0 bridgehead atoms. The van der Waals surface area contributed by atoms with Gasteiger partial charge in [0.05, 0.1) is 5.41 Å². The van der Waals surface area contributed by atoms with Gasteiger partial charge in [-0.1, -0.05) is 298 Å². The van der Waals surface area contributed by atoms with Crippen LogP contribution in [0.15, 0.2) is 243 Å². The van der Waals surface area contributed by atoms with Crippen molar-refractivity contribution in [3.8, 4) is 77.9 Å². The van der Waals surface area contributed by atoms with E-state index in [4.69, 9.17) is 0 Å². The van der Waals surface area contributed by atoms with E-state index < -0.39 is 5.41 Å². The van der Waals surface area contributed by atoms with Gasteiger partial charge in [-0.15, -0.1) is 0 Å². The van der Waals surface area contributed by atoms with E-state index in [0.29, 0.717) is 5.92 Å². The first kappa shape index (κ1) is 54.8. The summed E-state index contributed by atoms with van der Waals surface area (Å²) in [5, 5.41) is 0. The molecule has 82 heavy (non-hydrogen) atoms. The summed E-state index contributed by atoms with van der Waals surface area (Å²) in [6.07, 6.45) is 20.2. The predicted molar refractivity (Wildman–Crippen MR) is 352 cm³/mol. The molecule has 1 unspecified atom stereocenters. The average molecular weight is 1070 g/mol. The molecule has 0 N–H and O–H groups in total. The Kier molecular flexibility index (Phi) is 16.8. The molecule has 2 aliphatic rings. The van der Waals surface area contributed by atoms with Crippen molar-refractivity contribution in [2.24, 2.45) is 0 Å². The first-order valence-corrected chi connectivity index (χ1v) is 31.5. The smallest absolute Gasteiger partial charge is 0.0654 e. The molecular formula is C82H82. The Labute approximate surface area is 491 Å². The Morgan fingerprint density at radius 1 is 0.305 bits per heavy atom. The molecule has 0 heteroatoms. The fraction of sp³-hybridized carbons (Fsp3) is 0.268. The predicted octanol–water partition coefficient (Wildman–Crippen LogP) is 23.7. The van der Waals surface area contributed by atoms with Gasteiger partial charge in [0.25, 0.3) is 0 Å². The molecule has 10 aromatic carbocycles. The number of benzene rings is 10. The summed E-state index contributed by atoms with van der Waals surface area (Å²) in [4.78, 5) is 0. The molecule has 0 heterocycles. The number of fused-ring (bicyclic) bond motifs is 3. The minimum Gasteiger partial charge on any atom is -0.0654 e. The normalized spacial score (nSPS) is 14.5. The van der Waals surface area contributed by atoms with Crippen molar-refractivity contribution in [3.05, 3.63) is 276 Å². The largest absolute Gasteiger partial charge is 0.0713 e. The van der Waals surface area contributed by atoms with Gasteiger partial charge in [-0.2, -0.15) is 0 Å². The molecule has 0 nitrogen and oxygen atoms in total. The number of rotatable bonds is 21. The lowest BCUT2D eigenvalue weighted by molar-refractivity contribution is 0.267. The first-order valence-electron chi connectivity index (χ1n) is 31.5. The van der Waals surface area contributed by atoms with E-state index in [0.717, 1.165) is 0 Å². The third-order valence-corrected chi connectivity index (χ3v) is 18.9. The summed E-state index contributed by atoms with van der Waals surface area (Å²) in [6.45, 7) is 7.04. The topological polar surface area (TPSA) is 0 Å². The zero-order valence-corrected chi connectivity index (χ0v) is 49.0. The maximum Gasteiger partial charge on any atom is 0.0713 e. The molecule has 12 rings (SSSR count). The maximum atomic E-state index is 2.62. The molecule has 0 amide bonds. The van der Waals surface area contributed by atoms with E-state index in [9.17, 15) is 0 Å². The minimum absolute atomic E-state index is 0.172. The van der Waals surface area contributed by atoms with Crippen LogP contribution in [0.4, 0.5) is 0 Å². The van der Waals surface area contributed by atoms with Crippen LogP contribution in [0.5, 0.6) is 0 Å². The van der Waals surface area contributed by atoms with Crippen LogP contribution in [0.1, 0.15) is 163 Å². The van der Waals surface area contributed by atoms with E-state index in [-0.39, 0.29) is 5.41 Å². The van der Waals surface area contributed by atoms with E-state index in [1.807, 2.05) is 0 Å². The van der Waals surface area contributed by atoms with Crippen molar-refractivity contribution in [3.63, 3.8) is 0 Å². The average Bonchev–Trinajstić information content (AvgIpc) is 2.87. The van der Waals surface area contributed by atoms with Gasteiger partial charge in [-0.3, -0.25) is 0 Å². The second-order valence-corrected chi connectivity index (χ2v) is 24.2. The van der Waals surface area contributed by atoms with Crippen LogP contribution in [-0.2, 0) is 10.8 Å². The number of hydrogen-bond donors (Lipinski definition) is 0. The molecule has 1 saturated carbocycles. The third kappa shape index (κ3) is 11.1. The van der Waals surface area contributed by atoms with Crippen molar-refractivity contribution >= 4 is 0 Å². The van der Waals surface area contributed by atoms with Crippen molar-refractivity contribution in [2.45, 2.75) is 140 Å². The highest BCUT2D eigenvalue weighted by Crippen LogP contribution is 2.57. The molecule has 1 atom stereocenters. The Hall–Kier alpha value is -7.80. The van der Waals surface area contributed by atoms with E-state index in [1.165, 1.54) is 214 Å². The summed E-state index contributed by atoms with van der Waals surface area (Å²) in [5.74, 6) is 0.505. The Balaban J connectivity index is 1.04. The maximum absolute atomic E-state index is 2.62. The lowest BCUT2D eigenvalue weighted by Crippen LogP contribution is -2.29. The quantitative estimate of drug-likeness (QED) is 0.0629. The molecule has 410 valence electrons. The van der Waals surface area contributed by atoms with Crippen LogP contribution in [-0.4, -0.2) is 0 Å². The van der Waals surface area contributed by atoms with Gasteiger partial charge in [-0.05, 0) is 191 Å². The van der Waals surface area contributed by atoms with Gasteiger partial charge in [0.2, 0.25) is 0 Å². The molecule has 0 radical (unpaired) electrons. The number of unbranched alkanes of at least 4 members (excludes halogenated alkanes) is 5. The van der Waals surface area contributed by atoms with Crippen LogP contribution >= 0.6 is 0 Å². The molecule has 0 spiro atoms. The summed E-state index contributed by atoms with van der Waals surface area (Å²) in [7, 11) is 0. The van der Waals surface area contributed by atoms with Gasteiger partial charge >= 0.3 is 0 Å². The van der Waals surface area contributed by atoms with E-state index in [2.05, 4.69) is 263 Å². The molecule has 0 saturated heterocycles. The van der Waals surface area contributed by atoms with E-state index in [1.54, 1.807) is 0 Å². The summed E-state index contributed by atoms with van der Waals surface area (Å²) >= 11 is 0. The van der Waals surface area contributed by atoms with Crippen molar-refractivity contribution in [2.75, 3.05) is 0 Å². The standard InChI is InChI=1S/C82H82/c1-4-7-10-14-34-62(29-8-5-2)69-52-70(65-37-25-35-63(50-65)60-30-15-11-16-31-60)54-71(53-69)67-39-27-41-74(56-67)82(79-45-21-19-43-77(79)78-44-20-22-46-80(78)82)75-42-28-40-68(57-75)73-55-72(66-38-26-36-64(51-66)61-32-17-12-18-33-61)58-76(59-73)81(47-9-6-3)48-23-13-24-49-81/h11-12,15-22,25-28,30-33,35-46,50-59,62H,4-10,13-14,23-24,29,34,47-49H2,1-3H3. The van der Waals surface area contributed by atoms with Crippen molar-refractivity contribution in [1.82, 2.24) is 0 Å². The lowest BCUT2D eigenvalue weighted by atomic mass is 9.65. The third-order valence-electron chi connectivity index (χ3n) is 18.9. The van der Waals surface area contributed by atoms with Crippen LogP contribution in [0.25, 0.3) is 77.9 Å². The zero-order valence-electron chi connectivity index (χ0n) is 49.0. The molecule has 2 aliphatic carbocycles. The molecule has 10 aromatic rings. The SMILES string of the molecule is CCCCCCC(CCCC)c1cc(-c2cccc(-c3ccccc3)c2)cc(-c2cccc(C3(c4cccc(-c5cc(-c6cccc(-c7ccccc7)c6)cc(C6(CCCC)CCCCC6)c5)c4)c4ccccc4-c4ccccc43)c2)c1. The number of hydrogen-bond acceptors (Lipinski definition) is 0. The Morgan fingerprint density at radius 2 is 0.695 bits per heavy atom. The van der Waals surface area contributed by atoms with Crippen LogP contribution in [0.3, 0.4) is 0 Å². The monoisotopic (exact) mass is 1070 g/mol. The Morgan fingerprint density at radius 3 is 1.20 bits per heavy atom. The van der Waals surface area contributed by atoms with Crippen LogP contribution in [0.2, 0.25) is 0 Å². The summed E-state index contributed by atoms with van der Waals surface area (Å²) < 4.78 is 0. The van der Waals surface area contributed by atoms with Gasteiger partial charge in [0.15, 0.2) is 0 Å². The molecule has 1 fully saturated rings. The van der Waals surface area contributed by atoms with E-state index >= 15 is 0 Å². The van der Waals surface area contributed by atoms with Gasteiger partial charge in [-0.25, -0.2) is 0 Å². The van der Waals surface area contributed by atoms with Crippen molar-refractivity contribution < 1.29 is 0 Å². The minimum atomic E-state index is -0.581. The summed E-state index contributed by atoms with van der Waals surface area (Å²) in [6, 6.07) is 93.6. The molecule has 0 aliphatic heterocycles. The molecule has 0 aromatic heterocycles. The highest BCUT2D eigenvalue weighted by molar-refractivity contribution is 5.88. The van der Waals surface area contributed by atoms with Crippen LogP contribution < -0.4 is 0 Å². The first-order chi connectivity index (χ1) is 40.5. The fourth-order valence-electron chi connectivity index (χ4n) is 14.6. The van der Waals surface area contributed by atoms with Crippen molar-refractivity contribution in [1.29, 1.82) is 0 Å². The van der Waals surface area contributed by atoms with Gasteiger partial charge in [0, 0.05) is 0 Å². The second kappa shape index (κ2) is 25.1. The van der Waals surface area contributed by atoms with Gasteiger partial charge < -0.3 is 0 Å². The fourth-order valence-corrected chi connectivity index (χ4v) is 14.6. The zero-order chi connectivity index (χ0) is 55.7. The molecular weight excluding hydrogens is 985 g/mol.